The summed E-state index contributed by atoms with van der Waals surface area (Å²) in [7, 11) is 0. The monoisotopic (exact) mass is 885 g/mol. The van der Waals surface area contributed by atoms with Crippen molar-refractivity contribution in [2.75, 3.05) is 13.2 Å². The van der Waals surface area contributed by atoms with E-state index >= 15 is 0 Å². The Balaban J connectivity index is 4.32. The minimum absolute atomic E-state index is 0.0707. The van der Waals surface area contributed by atoms with Gasteiger partial charge in [0.25, 0.3) is 0 Å². The second-order valence-corrected chi connectivity index (χ2v) is 18.5. The first-order valence-electron chi connectivity index (χ1n) is 27.5. The van der Waals surface area contributed by atoms with Crippen molar-refractivity contribution in [2.45, 2.75) is 297 Å². The number of unbranched alkanes of at least 4 members (excludes halogenated alkanes) is 33. The molecule has 0 aromatic heterocycles. The maximum absolute atomic E-state index is 12.8. The summed E-state index contributed by atoms with van der Waals surface area (Å²) in [6.07, 6.45) is 61.3. The van der Waals surface area contributed by atoms with Crippen LogP contribution in [0.1, 0.15) is 290 Å². The van der Waals surface area contributed by atoms with Crippen LogP contribution in [0.5, 0.6) is 0 Å². The molecule has 6 nitrogen and oxygen atoms in total. The van der Waals surface area contributed by atoms with Gasteiger partial charge in [0, 0.05) is 19.3 Å². The maximum atomic E-state index is 12.8. The molecule has 0 fully saturated rings. The van der Waals surface area contributed by atoms with E-state index in [0.717, 1.165) is 83.5 Å². The van der Waals surface area contributed by atoms with E-state index in [4.69, 9.17) is 14.2 Å². The third-order valence-corrected chi connectivity index (χ3v) is 12.2. The Morgan fingerprint density at radius 3 is 0.968 bits per heavy atom. The summed E-state index contributed by atoms with van der Waals surface area (Å²) in [6, 6.07) is 0. The highest BCUT2D eigenvalue weighted by Gasteiger charge is 2.19. The lowest BCUT2D eigenvalue weighted by atomic mass is 10.0. The molecule has 0 bridgehead atoms. The molecule has 368 valence electrons. The zero-order valence-corrected chi connectivity index (χ0v) is 42.1. The molecule has 0 heterocycles. The summed E-state index contributed by atoms with van der Waals surface area (Å²) in [6.45, 7) is 6.55. The minimum atomic E-state index is -0.771. The van der Waals surface area contributed by atoms with Crippen LogP contribution in [-0.4, -0.2) is 37.2 Å². The second kappa shape index (κ2) is 52.3. The van der Waals surface area contributed by atoms with E-state index in [-0.39, 0.29) is 31.1 Å². The summed E-state index contributed by atoms with van der Waals surface area (Å²) in [5.41, 5.74) is 0. The van der Waals surface area contributed by atoms with Crippen molar-refractivity contribution in [2.24, 2.45) is 0 Å². The van der Waals surface area contributed by atoms with Gasteiger partial charge in [0.1, 0.15) is 13.2 Å². The van der Waals surface area contributed by atoms with Gasteiger partial charge in [-0.15, -0.1) is 0 Å². The largest absolute Gasteiger partial charge is 0.462 e. The fourth-order valence-corrected chi connectivity index (χ4v) is 8.05. The Morgan fingerprint density at radius 1 is 0.333 bits per heavy atom. The predicted octanol–water partition coefficient (Wildman–Crippen LogP) is 18.1. The molecule has 0 amide bonds. The number of carbonyl (C=O) groups is 3. The minimum Gasteiger partial charge on any atom is -0.462 e. The molecule has 0 aliphatic heterocycles. The van der Waals surface area contributed by atoms with E-state index < -0.39 is 6.10 Å². The van der Waals surface area contributed by atoms with Crippen LogP contribution in [0.4, 0.5) is 0 Å². The van der Waals surface area contributed by atoms with Crippen molar-refractivity contribution in [1.29, 1.82) is 0 Å². The van der Waals surface area contributed by atoms with Crippen molar-refractivity contribution in [3.63, 3.8) is 0 Å². The summed E-state index contributed by atoms with van der Waals surface area (Å²) >= 11 is 0. The number of ether oxygens (including phenoxy) is 3. The Kier molecular flexibility index (Phi) is 50.3. The van der Waals surface area contributed by atoms with Crippen molar-refractivity contribution >= 4 is 17.9 Å². The lowest BCUT2D eigenvalue weighted by Crippen LogP contribution is -2.30. The molecule has 6 heteroatoms. The lowest BCUT2D eigenvalue weighted by Gasteiger charge is -2.18. The molecular weight excluding hydrogens is 781 g/mol. The molecule has 63 heavy (non-hydrogen) atoms. The second-order valence-electron chi connectivity index (χ2n) is 18.5. The van der Waals surface area contributed by atoms with E-state index in [1.165, 1.54) is 167 Å². The molecular formula is C57H104O6. The van der Waals surface area contributed by atoms with Gasteiger partial charge in [-0.3, -0.25) is 14.4 Å². The highest BCUT2D eigenvalue weighted by molar-refractivity contribution is 5.71. The highest BCUT2D eigenvalue weighted by Crippen LogP contribution is 2.16. The first kappa shape index (κ1) is 60.6. The zero-order valence-electron chi connectivity index (χ0n) is 42.1. The molecule has 0 spiro atoms. The van der Waals surface area contributed by atoms with Gasteiger partial charge in [-0.2, -0.15) is 0 Å². The molecule has 0 aliphatic carbocycles. The van der Waals surface area contributed by atoms with E-state index in [1.54, 1.807) is 0 Å². The number of esters is 3. The highest BCUT2D eigenvalue weighted by atomic mass is 16.6. The first-order chi connectivity index (χ1) is 31.0. The molecule has 0 saturated carbocycles. The normalized spacial score (nSPS) is 12.2. The Bertz CT molecular complexity index is 1060. The fraction of sp³-hybridized carbons (Fsp3) is 0.842. The van der Waals surface area contributed by atoms with E-state index in [9.17, 15) is 14.4 Å². The van der Waals surface area contributed by atoms with Crippen molar-refractivity contribution in [3.05, 3.63) is 36.5 Å². The van der Waals surface area contributed by atoms with Crippen LogP contribution in [0.3, 0.4) is 0 Å². The van der Waals surface area contributed by atoms with Crippen LogP contribution >= 0.6 is 0 Å². The van der Waals surface area contributed by atoms with Crippen LogP contribution < -0.4 is 0 Å². The van der Waals surface area contributed by atoms with E-state index in [1.807, 2.05) is 0 Å². The van der Waals surface area contributed by atoms with Crippen molar-refractivity contribution in [3.8, 4) is 0 Å². The van der Waals surface area contributed by atoms with Crippen LogP contribution in [0, 0.1) is 0 Å². The molecule has 0 saturated heterocycles. The van der Waals surface area contributed by atoms with Gasteiger partial charge < -0.3 is 14.2 Å². The van der Waals surface area contributed by atoms with Crippen LogP contribution in [0.25, 0.3) is 0 Å². The quantitative estimate of drug-likeness (QED) is 0.0262. The van der Waals surface area contributed by atoms with E-state index in [0.29, 0.717) is 19.3 Å². The van der Waals surface area contributed by atoms with Gasteiger partial charge in [0.2, 0.25) is 0 Å². The predicted molar refractivity (Wildman–Crippen MR) is 270 cm³/mol. The number of carbonyl (C=O) groups excluding carboxylic acids is 3. The molecule has 1 unspecified atom stereocenters. The third kappa shape index (κ3) is 50.5. The average Bonchev–Trinajstić information content (AvgIpc) is 3.28. The molecule has 0 radical (unpaired) electrons. The summed E-state index contributed by atoms with van der Waals surface area (Å²) in [5, 5.41) is 0. The summed E-state index contributed by atoms with van der Waals surface area (Å²) in [5.74, 6) is -0.866. The average molecular weight is 885 g/mol. The summed E-state index contributed by atoms with van der Waals surface area (Å²) < 4.78 is 16.8. The Labute approximate surface area is 391 Å². The SMILES string of the molecule is CC/C=C\C/C=C\C/C=C\CCCCCCCCCC(=O)OCC(COC(=O)CCCCCCCCCCCCC)OC(=O)CCCCCCCCCCCCCCCCCCC. The molecule has 0 aromatic carbocycles. The first-order valence-corrected chi connectivity index (χ1v) is 27.5. The fourth-order valence-electron chi connectivity index (χ4n) is 8.05. The van der Waals surface area contributed by atoms with Crippen molar-refractivity contribution in [1.82, 2.24) is 0 Å². The van der Waals surface area contributed by atoms with Crippen LogP contribution in [0.15, 0.2) is 36.5 Å². The standard InChI is InChI=1S/C57H104O6/c1-4-7-10-13-16-19-22-24-26-28-30-32-35-38-41-44-47-50-56(59)62-53-54(52-61-55(58)49-46-43-40-37-34-21-18-15-12-9-6-3)63-57(60)51-48-45-42-39-36-33-31-29-27-25-23-20-17-14-11-8-5-2/h7,10,16,19,24,26,54H,4-6,8-9,11-15,17-18,20-23,25,27-53H2,1-3H3/b10-7-,19-16-,26-24-. The molecule has 0 N–H and O–H groups in total. The number of allylic oxidation sites excluding steroid dienone is 6. The number of rotatable bonds is 50. The smallest absolute Gasteiger partial charge is 0.306 e. The molecule has 0 aromatic rings. The Hall–Kier alpha value is -2.37. The number of hydrogen-bond donors (Lipinski definition) is 0. The molecule has 0 rings (SSSR count). The third-order valence-electron chi connectivity index (χ3n) is 12.2. The van der Waals surface area contributed by atoms with Crippen molar-refractivity contribution < 1.29 is 28.6 Å². The van der Waals surface area contributed by atoms with Gasteiger partial charge in [-0.1, -0.05) is 256 Å². The van der Waals surface area contributed by atoms with Gasteiger partial charge in [0.15, 0.2) is 6.10 Å². The summed E-state index contributed by atoms with van der Waals surface area (Å²) in [4.78, 5) is 38.0. The molecule has 1 atom stereocenters. The Morgan fingerprint density at radius 2 is 0.619 bits per heavy atom. The van der Waals surface area contributed by atoms with E-state index in [2.05, 4.69) is 57.2 Å². The number of hydrogen-bond acceptors (Lipinski definition) is 6. The maximum Gasteiger partial charge on any atom is 0.306 e. The zero-order chi connectivity index (χ0) is 45.8. The van der Waals surface area contributed by atoms with Gasteiger partial charge in [-0.25, -0.2) is 0 Å². The molecule has 0 aliphatic rings. The van der Waals surface area contributed by atoms with Crippen LogP contribution in [-0.2, 0) is 28.6 Å². The van der Waals surface area contributed by atoms with Gasteiger partial charge in [0.05, 0.1) is 0 Å². The lowest BCUT2D eigenvalue weighted by molar-refractivity contribution is -0.167. The topological polar surface area (TPSA) is 78.9 Å². The van der Waals surface area contributed by atoms with Gasteiger partial charge in [-0.05, 0) is 51.4 Å². The van der Waals surface area contributed by atoms with Gasteiger partial charge >= 0.3 is 17.9 Å². The van der Waals surface area contributed by atoms with Crippen LogP contribution in [0.2, 0.25) is 0 Å².